The second-order valence-electron chi connectivity index (χ2n) is 5.90. The van der Waals surface area contributed by atoms with E-state index in [1.807, 2.05) is 11.5 Å². The van der Waals surface area contributed by atoms with Crippen LogP contribution in [-0.2, 0) is 11.3 Å². The summed E-state index contributed by atoms with van der Waals surface area (Å²) in [5.41, 5.74) is 1.20. The molecule has 25 heavy (non-hydrogen) atoms. The van der Waals surface area contributed by atoms with Crippen molar-refractivity contribution < 1.29 is 9.59 Å². The Labute approximate surface area is 152 Å². The molecule has 1 amide bonds. The number of anilines is 1. The Morgan fingerprint density at radius 3 is 2.84 bits per heavy atom. The van der Waals surface area contributed by atoms with Crippen molar-refractivity contribution in [3.05, 3.63) is 36.2 Å². The maximum atomic E-state index is 12.4. The second kappa shape index (κ2) is 9.36. The zero-order valence-corrected chi connectivity index (χ0v) is 15.7. The fourth-order valence-electron chi connectivity index (χ4n) is 2.29. The fraction of sp³-hybridized carbons (Fsp3) is 0.444. The number of benzene rings is 1. The quantitative estimate of drug-likeness (QED) is 0.418. The second-order valence-corrected chi connectivity index (χ2v) is 7.21. The summed E-state index contributed by atoms with van der Waals surface area (Å²) >= 11 is 1.38. The number of amides is 1. The van der Waals surface area contributed by atoms with Crippen LogP contribution in [0.3, 0.4) is 0 Å². The molecule has 1 unspecified atom stereocenters. The van der Waals surface area contributed by atoms with Gasteiger partial charge < -0.3 is 9.88 Å². The first kappa shape index (κ1) is 19.2. The number of carbonyl (C=O) groups is 2. The van der Waals surface area contributed by atoms with E-state index in [9.17, 15) is 9.59 Å². The first-order chi connectivity index (χ1) is 12.0. The molecule has 0 aliphatic rings. The van der Waals surface area contributed by atoms with Crippen LogP contribution in [0.4, 0.5) is 5.69 Å². The van der Waals surface area contributed by atoms with Crippen molar-refractivity contribution in [1.82, 2.24) is 14.8 Å². The number of unbranched alkanes of at least 4 members (excludes halogenated alkanes) is 2. The molecule has 1 aromatic heterocycles. The number of hydrogen-bond donors (Lipinski definition) is 1. The number of Topliss-reactive ketones (excluding diaryl/α,β-unsaturated/α-hetero) is 1. The summed E-state index contributed by atoms with van der Waals surface area (Å²) in [5, 5.41) is 11.3. The topological polar surface area (TPSA) is 76.9 Å². The molecule has 0 aliphatic carbocycles. The molecule has 134 valence electrons. The summed E-state index contributed by atoms with van der Waals surface area (Å²) in [6.07, 6.45) is 5.09. The van der Waals surface area contributed by atoms with Gasteiger partial charge in [-0.2, -0.15) is 0 Å². The smallest absolute Gasteiger partial charge is 0.237 e. The maximum absolute atomic E-state index is 12.4. The van der Waals surface area contributed by atoms with Gasteiger partial charge in [-0.05, 0) is 32.4 Å². The number of nitrogens with zero attached hydrogens (tertiary/aromatic N) is 3. The van der Waals surface area contributed by atoms with Gasteiger partial charge in [0.15, 0.2) is 10.9 Å². The van der Waals surface area contributed by atoms with Crippen molar-refractivity contribution in [3.8, 4) is 0 Å². The third-order valence-corrected chi connectivity index (χ3v) is 4.87. The van der Waals surface area contributed by atoms with E-state index in [0.29, 0.717) is 11.3 Å². The fourth-order valence-corrected chi connectivity index (χ4v) is 3.14. The van der Waals surface area contributed by atoms with Crippen molar-refractivity contribution in [2.75, 3.05) is 5.32 Å². The van der Waals surface area contributed by atoms with E-state index in [-0.39, 0.29) is 16.9 Å². The van der Waals surface area contributed by atoms with Crippen molar-refractivity contribution in [2.45, 2.75) is 57.0 Å². The summed E-state index contributed by atoms with van der Waals surface area (Å²) in [6.45, 7) is 6.36. The van der Waals surface area contributed by atoms with Crippen molar-refractivity contribution in [1.29, 1.82) is 0 Å². The minimum absolute atomic E-state index is 0.0290. The van der Waals surface area contributed by atoms with Gasteiger partial charge in [0.2, 0.25) is 5.91 Å². The lowest BCUT2D eigenvalue weighted by molar-refractivity contribution is -0.115. The summed E-state index contributed by atoms with van der Waals surface area (Å²) in [5.74, 6) is -0.160. The van der Waals surface area contributed by atoms with Gasteiger partial charge in [0, 0.05) is 17.8 Å². The first-order valence-electron chi connectivity index (χ1n) is 8.47. The Morgan fingerprint density at radius 2 is 2.12 bits per heavy atom. The Bertz CT molecular complexity index is 729. The Morgan fingerprint density at radius 1 is 1.32 bits per heavy atom. The highest BCUT2D eigenvalue weighted by molar-refractivity contribution is 8.00. The molecular weight excluding hydrogens is 336 g/mol. The molecule has 0 saturated heterocycles. The highest BCUT2D eigenvalue weighted by Gasteiger charge is 2.18. The number of carbonyl (C=O) groups excluding carboxylic acids is 2. The third kappa shape index (κ3) is 5.70. The number of nitrogens with one attached hydrogen (secondary N) is 1. The standard InChI is InChI=1S/C18H24N4O2S/c1-4-5-6-10-22-12-19-21-18(22)25-14(3)17(24)20-16-9-7-8-15(11-16)13(2)23/h7-9,11-12,14H,4-6,10H2,1-3H3,(H,20,24). The molecule has 1 atom stereocenters. The summed E-state index contributed by atoms with van der Waals surface area (Å²) in [4.78, 5) is 23.9. The van der Waals surface area contributed by atoms with Crippen LogP contribution < -0.4 is 5.32 Å². The van der Waals surface area contributed by atoms with E-state index in [1.54, 1.807) is 30.6 Å². The van der Waals surface area contributed by atoms with Crippen molar-refractivity contribution in [2.24, 2.45) is 0 Å². The normalized spacial score (nSPS) is 12.0. The van der Waals surface area contributed by atoms with Crippen LogP contribution in [0.2, 0.25) is 0 Å². The lowest BCUT2D eigenvalue weighted by atomic mass is 10.1. The highest BCUT2D eigenvalue weighted by Crippen LogP contribution is 2.23. The molecule has 1 aromatic carbocycles. The largest absolute Gasteiger partial charge is 0.325 e. The average molecular weight is 360 g/mol. The molecule has 0 fully saturated rings. The molecule has 0 bridgehead atoms. The van der Waals surface area contributed by atoms with Crippen LogP contribution >= 0.6 is 11.8 Å². The van der Waals surface area contributed by atoms with Crippen LogP contribution in [0.5, 0.6) is 0 Å². The number of aryl methyl sites for hydroxylation is 1. The average Bonchev–Trinajstić information content (AvgIpc) is 3.02. The molecule has 0 spiro atoms. The molecule has 1 N–H and O–H groups in total. The molecular formula is C18H24N4O2S. The predicted molar refractivity (Wildman–Crippen MR) is 99.9 cm³/mol. The minimum atomic E-state index is -0.324. The zero-order chi connectivity index (χ0) is 18.2. The van der Waals surface area contributed by atoms with Gasteiger partial charge in [-0.3, -0.25) is 9.59 Å². The molecule has 2 rings (SSSR count). The summed E-state index contributed by atoms with van der Waals surface area (Å²) in [7, 11) is 0. The Balaban J connectivity index is 1.96. The third-order valence-electron chi connectivity index (χ3n) is 3.77. The molecule has 0 radical (unpaired) electrons. The monoisotopic (exact) mass is 360 g/mol. The molecule has 0 aliphatic heterocycles. The minimum Gasteiger partial charge on any atom is -0.325 e. The Hall–Kier alpha value is -2.15. The number of thioether (sulfide) groups is 1. The number of hydrogen-bond acceptors (Lipinski definition) is 5. The van der Waals surface area contributed by atoms with Gasteiger partial charge >= 0.3 is 0 Å². The molecule has 2 aromatic rings. The van der Waals surface area contributed by atoms with Crippen LogP contribution in [-0.4, -0.2) is 31.7 Å². The van der Waals surface area contributed by atoms with Crippen LogP contribution in [0.25, 0.3) is 0 Å². The van der Waals surface area contributed by atoms with Gasteiger partial charge in [-0.15, -0.1) is 10.2 Å². The SMILES string of the molecule is CCCCCn1cnnc1SC(C)C(=O)Nc1cccc(C(C)=O)c1. The lowest BCUT2D eigenvalue weighted by Crippen LogP contribution is -2.23. The number of aromatic nitrogens is 3. The van der Waals surface area contributed by atoms with Crippen molar-refractivity contribution >= 4 is 29.1 Å². The molecule has 0 saturated carbocycles. The van der Waals surface area contributed by atoms with E-state index in [4.69, 9.17) is 0 Å². The van der Waals surface area contributed by atoms with Crippen LogP contribution in [0, 0.1) is 0 Å². The molecule has 1 heterocycles. The summed E-state index contributed by atoms with van der Waals surface area (Å²) in [6, 6.07) is 6.95. The first-order valence-corrected chi connectivity index (χ1v) is 9.35. The van der Waals surface area contributed by atoms with E-state index >= 15 is 0 Å². The van der Waals surface area contributed by atoms with Crippen molar-refractivity contribution in [3.63, 3.8) is 0 Å². The van der Waals surface area contributed by atoms with Gasteiger partial charge in [-0.25, -0.2) is 0 Å². The molecule has 7 heteroatoms. The van der Waals surface area contributed by atoms with E-state index in [2.05, 4.69) is 22.4 Å². The highest BCUT2D eigenvalue weighted by atomic mass is 32.2. The van der Waals surface area contributed by atoms with E-state index < -0.39 is 0 Å². The zero-order valence-electron chi connectivity index (χ0n) is 14.9. The van der Waals surface area contributed by atoms with Gasteiger partial charge in [0.25, 0.3) is 0 Å². The predicted octanol–water partition coefficient (Wildman–Crippen LogP) is 3.79. The van der Waals surface area contributed by atoms with E-state index in [0.717, 1.165) is 31.0 Å². The van der Waals surface area contributed by atoms with Gasteiger partial charge in [0.05, 0.1) is 5.25 Å². The lowest BCUT2D eigenvalue weighted by Gasteiger charge is -2.13. The van der Waals surface area contributed by atoms with E-state index in [1.165, 1.54) is 18.7 Å². The molecule has 6 nitrogen and oxygen atoms in total. The number of rotatable bonds is 9. The Kier molecular flexibility index (Phi) is 7.18. The number of ketones is 1. The van der Waals surface area contributed by atoms with Gasteiger partial charge in [0.1, 0.15) is 6.33 Å². The van der Waals surface area contributed by atoms with Gasteiger partial charge in [-0.1, -0.05) is 43.7 Å². The summed E-state index contributed by atoms with van der Waals surface area (Å²) < 4.78 is 1.99. The van der Waals surface area contributed by atoms with Crippen LogP contribution in [0.1, 0.15) is 50.4 Å². The van der Waals surface area contributed by atoms with Crippen LogP contribution in [0.15, 0.2) is 35.7 Å². The maximum Gasteiger partial charge on any atom is 0.237 e.